The van der Waals surface area contributed by atoms with Crippen LogP contribution in [0.2, 0.25) is 0 Å². The van der Waals surface area contributed by atoms with Crippen molar-refractivity contribution in [1.29, 1.82) is 0 Å². The molecule has 0 fully saturated rings. The second kappa shape index (κ2) is 10.1. The van der Waals surface area contributed by atoms with Crippen molar-refractivity contribution >= 4 is 29.2 Å². The summed E-state index contributed by atoms with van der Waals surface area (Å²) < 4.78 is 55.0. The zero-order valence-electron chi connectivity index (χ0n) is 18.0. The molecule has 172 valence electrons. The molecule has 0 aromatic heterocycles. The van der Waals surface area contributed by atoms with Crippen LogP contribution in [0.15, 0.2) is 41.4 Å². The van der Waals surface area contributed by atoms with Crippen molar-refractivity contribution < 1.29 is 22.4 Å². The Balaban J connectivity index is 1.76. The number of fused-ring (bicyclic) bond motifs is 1. The first-order valence-corrected chi connectivity index (χ1v) is 10.6. The number of alkyl halides is 3. The van der Waals surface area contributed by atoms with Crippen LogP contribution in [0.3, 0.4) is 0 Å². The molecule has 1 unspecified atom stereocenters. The fourth-order valence-electron chi connectivity index (χ4n) is 3.67. The van der Waals surface area contributed by atoms with Gasteiger partial charge in [-0.1, -0.05) is 19.9 Å². The van der Waals surface area contributed by atoms with Crippen LogP contribution in [0.4, 0.5) is 34.6 Å². The van der Waals surface area contributed by atoms with E-state index in [4.69, 9.17) is 0 Å². The molecule has 5 nitrogen and oxygen atoms in total. The highest BCUT2D eigenvalue weighted by Crippen LogP contribution is 2.38. The highest BCUT2D eigenvalue weighted by atomic mass is 19.4. The Labute approximate surface area is 184 Å². The van der Waals surface area contributed by atoms with Gasteiger partial charge in [0.2, 0.25) is 5.91 Å². The first kappa shape index (κ1) is 23.7. The van der Waals surface area contributed by atoms with E-state index in [0.717, 1.165) is 25.7 Å². The first-order valence-electron chi connectivity index (χ1n) is 10.6. The number of rotatable bonds is 9. The molecule has 0 saturated carbocycles. The molecule has 2 N–H and O–H groups in total. The molecule has 1 heterocycles. The van der Waals surface area contributed by atoms with Gasteiger partial charge >= 0.3 is 6.18 Å². The average molecular weight is 450 g/mol. The molecule has 1 aliphatic rings. The largest absolute Gasteiger partial charge is 0.418 e. The number of anilines is 2. The molecule has 1 atom stereocenters. The smallest absolute Gasteiger partial charge is 0.385 e. The third-order valence-corrected chi connectivity index (χ3v) is 5.45. The van der Waals surface area contributed by atoms with E-state index in [9.17, 15) is 22.4 Å². The van der Waals surface area contributed by atoms with Gasteiger partial charge in [0, 0.05) is 29.7 Å². The molecule has 0 bridgehead atoms. The quantitative estimate of drug-likeness (QED) is 0.304. The molecule has 0 spiro atoms. The number of carbonyl (C=O) groups excluding carboxylic acids is 1. The van der Waals surface area contributed by atoms with Gasteiger partial charge in [-0.05, 0) is 56.4 Å². The maximum atomic E-state index is 14.1. The second-order valence-electron chi connectivity index (χ2n) is 7.48. The van der Waals surface area contributed by atoms with Crippen LogP contribution in [0.25, 0.3) is 0 Å². The topological polar surface area (TPSA) is 56.7 Å². The summed E-state index contributed by atoms with van der Waals surface area (Å²) in [6.45, 7) is 7.07. The van der Waals surface area contributed by atoms with E-state index < -0.39 is 29.4 Å². The van der Waals surface area contributed by atoms with E-state index in [1.807, 2.05) is 13.8 Å². The molecule has 3 rings (SSSR count). The summed E-state index contributed by atoms with van der Waals surface area (Å²) in [6.07, 6.45) is -2.69. The Hall–Kier alpha value is -2.94. The number of nitrogens with one attached hydrogen (secondary N) is 2. The third-order valence-electron chi connectivity index (χ3n) is 5.45. The molecule has 32 heavy (non-hydrogen) atoms. The van der Waals surface area contributed by atoms with Crippen molar-refractivity contribution in [2.45, 2.75) is 32.4 Å². The maximum absolute atomic E-state index is 14.1. The van der Waals surface area contributed by atoms with Gasteiger partial charge in [-0.25, -0.2) is 4.39 Å². The second-order valence-corrected chi connectivity index (χ2v) is 7.48. The van der Waals surface area contributed by atoms with E-state index in [2.05, 4.69) is 20.5 Å². The SMILES string of the molecule is CCN(CC)CCCNc1ccc(N=CC2C(=O)Nc3cccc(F)c32)cc1C(F)(F)F. The lowest BCUT2D eigenvalue weighted by molar-refractivity contribution is -0.137. The fraction of sp³-hybridized carbons (Fsp3) is 0.391. The Morgan fingerprint density at radius 1 is 1.19 bits per heavy atom. The summed E-state index contributed by atoms with van der Waals surface area (Å²) >= 11 is 0. The predicted octanol–water partition coefficient (Wildman–Crippen LogP) is 5.43. The van der Waals surface area contributed by atoms with Crippen molar-refractivity contribution in [1.82, 2.24) is 4.90 Å². The molecule has 0 saturated heterocycles. The van der Waals surface area contributed by atoms with E-state index >= 15 is 0 Å². The summed E-state index contributed by atoms with van der Waals surface area (Å²) in [5, 5.41) is 5.41. The molecule has 2 aromatic rings. The number of halogens is 4. The minimum atomic E-state index is -4.57. The van der Waals surface area contributed by atoms with Crippen molar-refractivity contribution in [2.75, 3.05) is 36.8 Å². The standard InChI is InChI=1S/C23H26F4N4O/c1-3-31(4-2)12-6-11-28-19-10-9-15(13-17(19)23(25,26)27)29-14-16-21-18(24)7-5-8-20(21)30-22(16)32/h5,7-10,13-14,16,28H,3-4,6,11-12H2,1-2H3,(H,30,32). The minimum absolute atomic E-state index is 0.0222. The Morgan fingerprint density at radius 2 is 1.94 bits per heavy atom. The number of hydrogen-bond donors (Lipinski definition) is 2. The number of amides is 1. The molecular formula is C23H26F4N4O. The van der Waals surface area contributed by atoms with Crippen molar-refractivity contribution in [3.05, 3.63) is 53.3 Å². The molecular weight excluding hydrogens is 424 g/mol. The monoisotopic (exact) mass is 450 g/mol. The van der Waals surface area contributed by atoms with Gasteiger partial charge in [0.25, 0.3) is 0 Å². The Morgan fingerprint density at radius 3 is 2.62 bits per heavy atom. The highest BCUT2D eigenvalue weighted by Gasteiger charge is 2.34. The van der Waals surface area contributed by atoms with E-state index in [-0.39, 0.29) is 16.9 Å². The molecule has 2 aromatic carbocycles. The summed E-state index contributed by atoms with van der Waals surface area (Å²) in [4.78, 5) is 18.4. The lowest BCUT2D eigenvalue weighted by Crippen LogP contribution is -2.25. The fourth-order valence-corrected chi connectivity index (χ4v) is 3.67. The summed E-state index contributed by atoms with van der Waals surface area (Å²) in [6, 6.07) is 7.95. The van der Waals surface area contributed by atoms with E-state index in [1.165, 1.54) is 30.5 Å². The van der Waals surface area contributed by atoms with E-state index in [0.29, 0.717) is 18.7 Å². The molecule has 1 aliphatic heterocycles. The lowest BCUT2D eigenvalue weighted by Gasteiger charge is -2.19. The number of aliphatic imine (C=N–C) groups is 1. The molecule has 0 radical (unpaired) electrons. The maximum Gasteiger partial charge on any atom is 0.418 e. The van der Waals surface area contributed by atoms with Gasteiger partial charge in [0.15, 0.2) is 0 Å². The van der Waals surface area contributed by atoms with Gasteiger partial charge in [0.1, 0.15) is 11.7 Å². The van der Waals surface area contributed by atoms with Crippen molar-refractivity contribution in [3.8, 4) is 0 Å². The third kappa shape index (κ3) is 5.45. The van der Waals surface area contributed by atoms with Gasteiger partial charge < -0.3 is 15.5 Å². The van der Waals surface area contributed by atoms with Crippen LogP contribution in [-0.2, 0) is 11.0 Å². The molecule has 9 heteroatoms. The number of hydrogen-bond acceptors (Lipinski definition) is 4. The van der Waals surface area contributed by atoms with Crippen LogP contribution >= 0.6 is 0 Å². The van der Waals surface area contributed by atoms with Gasteiger partial charge in [-0.3, -0.25) is 9.79 Å². The Bertz CT molecular complexity index is 986. The predicted molar refractivity (Wildman–Crippen MR) is 118 cm³/mol. The number of carbonyl (C=O) groups is 1. The van der Waals surface area contributed by atoms with Crippen LogP contribution in [0.1, 0.15) is 37.3 Å². The van der Waals surface area contributed by atoms with Gasteiger partial charge in [0.05, 0.1) is 11.3 Å². The van der Waals surface area contributed by atoms with Crippen LogP contribution in [0, 0.1) is 5.82 Å². The first-order chi connectivity index (χ1) is 15.2. The summed E-state index contributed by atoms with van der Waals surface area (Å²) in [5.74, 6) is -2.05. The molecule has 1 amide bonds. The minimum Gasteiger partial charge on any atom is -0.385 e. The van der Waals surface area contributed by atoms with Crippen molar-refractivity contribution in [2.24, 2.45) is 4.99 Å². The van der Waals surface area contributed by atoms with Crippen molar-refractivity contribution in [3.63, 3.8) is 0 Å². The average Bonchev–Trinajstić information content (AvgIpc) is 3.08. The Kier molecular flexibility index (Phi) is 7.50. The van der Waals surface area contributed by atoms with E-state index in [1.54, 1.807) is 6.07 Å². The zero-order chi connectivity index (χ0) is 23.3. The summed E-state index contributed by atoms with van der Waals surface area (Å²) in [5.41, 5.74) is -0.345. The lowest BCUT2D eigenvalue weighted by atomic mass is 10.0. The highest BCUT2D eigenvalue weighted by molar-refractivity contribution is 6.12. The van der Waals surface area contributed by atoms with Crippen LogP contribution in [0.5, 0.6) is 0 Å². The van der Waals surface area contributed by atoms with Gasteiger partial charge in [-0.2, -0.15) is 13.2 Å². The zero-order valence-corrected chi connectivity index (χ0v) is 18.0. The number of benzene rings is 2. The number of nitrogens with zero attached hydrogens (tertiary/aromatic N) is 2. The normalized spacial score (nSPS) is 16.0. The summed E-state index contributed by atoms with van der Waals surface area (Å²) in [7, 11) is 0. The van der Waals surface area contributed by atoms with Crippen LogP contribution < -0.4 is 10.6 Å². The van der Waals surface area contributed by atoms with Crippen LogP contribution in [-0.4, -0.2) is 43.2 Å². The van der Waals surface area contributed by atoms with Gasteiger partial charge in [-0.15, -0.1) is 0 Å². The molecule has 0 aliphatic carbocycles.